The second-order valence-electron chi connectivity index (χ2n) is 6.45. The molecule has 1 aromatic carbocycles. The van der Waals surface area contributed by atoms with Crippen molar-refractivity contribution in [2.24, 2.45) is 0 Å². The van der Waals surface area contributed by atoms with E-state index in [0.717, 1.165) is 35.9 Å². The number of ether oxygens (including phenoxy) is 2. The van der Waals surface area contributed by atoms with Crippen molar-refractivity contribution in [3.8, 4) is 11.5 Å². The van der Waals surface area contributed by atoms with Crippen molar-refractivity contribution < 1.29 is 23.9 Å². The van der Waals surface area contributed by atoms with Crippen LogP contribution in [-0.2, 0) is 9.59 Å². The number of halogens is 1. The number of imide groups is 1. The van der Waals surface area contributed by atoms with E-state index in [2.05, 4.69) is 15.9 Å². The molecule has 0 N–H and O–H groups in total. The van der Waals surface area contributed by atoms with Crippen molar-refractivity contribution in [1.82, 2.24) is 9.80 Å². The van der Waals surface area contributed by atoms with Gasteiger partial charge >= 0.3 is 0 Å². The number of piperidine rings is 1. The van der Waals surface area contributed by atoms with Crippen molar-refractivity contribution in [3.63, 3.8) is 0 Å². The molecule has 28 heavy (non-hydrogen) atoms. The van der Waals surface area contributed by atoms with Gasteiger partial charge in [0.2, 0.25) is 5.91 Å². The van der Waals surface area contributed by atoms with E-state index in [1.807, 2.05) is 0 Å². The first-order chi connectivity index (χ1) is 13.4. The topological polar surface area (TPSA) is 76.2 Å². The minimum atomic E-state index is -0.453. The number of hydrogen-bond acceptors (Lipinski definition) is 6. The second kappa shape index (κ2) is 9.00. The van der Waals surface area contributed by atoms with E-state index in [1.54, 1.807) is 23.1 Å². The van der Waals surface area contributed by atoms with Gasteiger partial charge in [-0.05, 0) is 70.7 Å². The summed E-state index contributed by atoms with van der Waals surface area (Å²) in [5, 5.41) is -0.429. The maximum absolute atomic E-state index is 12.7. The SMILES string of the molecule is COc1cc(/C=C2/SC(=O)N(CC(=O)N3CCCCC3)C2=O)cc(Br)c1OC. The number of hydrogen-bond donors (Lipinski definition) is 0. The molecule has 3 amide bonds. The van der Waals surface area contributed by atoms with E-state index in [0.29, 0.717) is 34.6 Å². The Bertz CT molecular complexity index is 836. The van der Waals surface area contributed by atoms with Crippen LogP contribution >= 0.6 is 27.7 Å². The Labute approximate surface area is 176 Å². The Balaban J connectivity index is 1.77. The van der Waals surface area contributed by atoms with E-state index in [1.165, 1.54) is 14.2 Å². The third kappa shape index (κ3) is 4.35. The van der Waals surface area contributed by atoms with Crippen LogP contribution in [0.15, 0.2) is 21.5 Å². The van der Waals surface area contributed by atoms with Gasteiger partial charge in [0.15, 0.2) is 11.5 Å². The minimum Gasteiger partial charge on any atom is -0.493 e. The van der Waals surface area contributed by atoms with E-state index < -0.39 is 11.1 Å². The molecule has 2 aliphatic rings. The zero-order valence-electron chi connectivity index (χ0n) is 15.7. The van der Waals surface area contributed by atoms with Crippen molar-refractivity contribution in [2.45, 2.75) is 19.3 Å². The molecule has 0 radical (unpaired) electrons. The molecule has 0 spiro atoms. The summed E-state index contributed by atoms with van der Waals surface area (Å²) in [6.45, 7) is 1.16. The van der Waals surface area contributed by atoms with Crippen molar-refractivity contribution in [3.05, 3.63) is 27.1 Å². The highest BCUT2D eigenvalue weighted by Crippen LogP contribution is 2.38. The number of amides is 3. The molecule has 0 unspecified atom stereocenters. The van der Waals surface area contributed by atoms with E-state index in [9.17, 15) is 14.4 Å². The summed E-state index contributed by atoms with van der Waals surface area (Å²) in [5.41, 5.74) is 0.678. The highest BCUT2D eigenvalue weighted by atomic mass is 79.9. The van der Waals surface area contributed by atoms with Gasteiger partial charge in [-0.3, -0.25) is 19.3 Å². The molecule has 0 aromatic heterocycles. The molecule has 2 fully saturated rings. The second-order valence-corrected chi connectivity index (χ2v) is 8.30. The zero-order valence-corrected chi connectivity index (χ0v) is 18.1. The summed E-state index contributed by atoms with van der Waals surface area (Å²) in [5.74, 6) is 0.408. The monoisotopic (exact) mass is 468 g/mol. The van der Waals surface area contributed by atoms with E-state index in [-0.39, 0.29) is 17.4 Å². The van der Waals surface area contributed by atoms with Gasteiger partial charge in [0.1, 0.15) is 6.54 Å². The van der Waals surface area contributed by atoms with Crippen LogP contribution in [0, 0.1) is 0 Å². The highest BCUT2D eigenvalue weighted by molar-refractivity contribution is 9.10. The van der Waals surface area contributed by atoms with Crippen LogP contribution in [0.4, 0.5) is 4.79 Å². The van der Waals surface area contributed by atoms with Crippen LogP contribution in [0.3, 0.4) is 0 Å². The van der Waals surface area contributed by atoms with Crippen LogP contribution in [-0.4, -0.2) is 60.7 Å². The predicted octanol–water partition coefficient (Wildman–Crippen LogP) is 3.52. The van der Waals surface area contributed by atoms with Gasteiger partial charge in [-0.15, -0.1) is 0 Å². The third-order valence-electron chi connectivity index (χ3n) is 4.63. The predicted molar refractivity (Wildman–Crippen MR) is 110 cm³/mol. The van der Waals surface area contributed by atoms with Crippen LogP contribution < -0.4 is 9.47 Å². The van der Waals surface area contributed by atoms with Gasteiger partial charge < -0.3 is 14.4 Å². The van der Waals surface area contributed by atoms with Gasteiger partial charge in [-0.25, -0.2) is 0 Å². The van der Waals surface area contributed by atoms with Gasteiger partial charge in [0.05, 0.1) is 23.6 Å². The molecule has 0 aliphatic carbocycles. The zero-order chi connectivity index (χ0) is 20.3. The number of thioether (sulfide) groups is 1. The van der Waals surface area contributed by atoms with Gasteiger partial charge in [-0.1, -0.05) is 0 Å². The number of benzene rings is 1. The summed E-state index contributed by atoms with van der Waals surface area (Å²) >= 11 is 4.25. The maximum Gasteiger partial charge on any atom is 0.294 e. The fourth-order valence-electron chi connectivity index (χ4n) is 3.19. The molecular formula is C19H21BrN2O5S. The molecule has 3 rings (SSSR count). The normalized spacial score (nSPS) is 18.8. The first kappa shape index (κ1) is 20.7. The smallest absolute Gasteiger partial charge is 0.294 e. The number of carbonyl (C=O) groups is 3. The summed E-state index contributed by atoms with van der Waals surface area (Å²) in [7, 11) is 3.06. The van der Waals surface area contributed by atoms with Crippen LogP contribution in [0.2, 0.25) is 0 Å². The van der Waals surface area contributed by atoms with Crippen LogP contribution in [0.5, 0.6) is 11.5 Å². The molecule has 2 heterocycles. The van der Waals surface area contributed by atoms with Crippen LogP contribution in [0.25, 0.3) is 6.08 Å². The Morgan fingerprint density at radius 1 is 1.18 bits per heavy atom. The lowest BCUT2D eigenvalue weighted by atomic mass is 10.1. The summed E-state index contributed by atoms with van der Waals surface area (Å²) in [4.78, 5) is 40.4. The van der Waals surface area contributed by atoms with Crippen LogP contribution in [0.1, 0.15) is 24.8 Å². The highest BCUT2D eigenvalue weighted by Gasteiger charge is 2.37. The quantitative estimate of drug-likeness (QED) is 0.615. The molecule has 1 aromatic rings. The molecule has 150 valence electrons. The summed E-state index contributed by atoms with van der Waals surface area (Å²) in [6, 6.07) is 3.49. The number of methoxy groups -OCH3 is 2. The fraction of sp³-hybridized carbons (Fsp3) is 0.421. The van der Waals surface area contributed by atoms with Crippen molar-refractivity contribution >= 4 is 50.8 Å². The Morgan fingerprint density at radius 3 is 2.54 bits per heavy atom. The molecule has 0 atom stereocenters. The number of carbonyl (C=O) groups excluding carboxylic acids is 3. The molecule has 0 saturated carbocycles. The Kier molecular flexibility index (Phi) is 6.66. The molecule has 9 heteroatoms. The fourth-order valence-corrected chi connectivity index (χ4v) is 4.65. The van der Waals surface area contributed by atoms with Crippen molar-refractivity contribution in [1.29, 1.82) is 0 Å². The van der Waals surface area contributed by atoms with Gasteiger partial charge in [0, 0.05) is 13.1 Å². The lowest BCUT2D eigenvalue weighted by molar-refractivity contribution is -0.136. The van der Waals surface area contributed by atoms with Gasteiger partial charge in [-0.2, -0.15) is 0 Å². The molecular weight excluding hydrogens is 448 g/mol. The van der Waals surface area contributed by atoms with Gasteiger partial charge in [0.25, 0.3) is 11.1 Å². The van der Waals surface area contributed by atoms with Crippen molar-refractivity contribution in [2.75, 3.05) is 33.9 Å². The molecule has 2 aliphatic heterocycles. The number of nitrogens with zero attached hydrogens (tertiary/aromatic N) is 2. The standard InChI is InChI=1S/C19H21BrN2O5S/c1-26-14-9-12(8-13(20)17(14)27-2)10-15-18(24)22(19(25)28-15)11-16(23)21-6-4-3-5-7-21/h8-10H,3-7,11H2,1-2H3/b15-10+. The number of likely N-dealkylation sites (tertiary alicyclic amines) is 1. The maximum atomic E-state index is 12.7. The molecule has 7 nitrogen and oxygen atoms in total. The molecule has 0 bridgehead atoms. The number of rotatable bonds is 5. The lowest BCUT2D eigenvalue weighted by Gasteiger charge is -2.27. The summed E-state index contributed by atoms with van der Waals surface area (Å²) in [6.07, 6.45) is 4.64. The Morgan fingerprint density at radius 2 is 1.89 bits per heavy atom. The first-order valence-electron chi connectivity index (χ1n) is 8.89. The summed E-state index contributed by atoms with van der Waals surface area (Å²) < 4.78 is 11.3. The lowest BCUT2D eigenvalue weighted by Crippen LogP contribution is -2.44. The molecule has 2 saturated heterocycles. The Hall–Kier alpha value is -2.00. The third-order valence-corrected chi connectivity index (χ3v) is 6.13. The average Bonchev–Trinajstić information content (AvgIpc) is 2.95. The van der Waals surface area contributed by atoms with E-state index >= 15 is 0 Å². The largest absolute Gasteiger partial charge is 0.493 e. The first-order valence-corrected chi connectivity index (χ1v) is 10.5. The van der Waals surface area contributed by atoms with E-state index in [4.69, 9.17) is 9.47 Å². The average molecular weight is 469 g/mol. The minimum absolute atomic E-state index is 0.183.